The summed E-state index contributed by atoms with van der Waals surface area (Å²) in [5.41, 5.74) is 4.43. The van der Waals surface area contributed by atoms with Crippen LogP contribution in [0, 0.1) is 6.92 Å². The fourth-order valence-electron chi connectivity index (χ4n) is 2.65. The van der Waals surface area contributed by atoms with Gasteiger partial charge in [-0.05, 0) is 53.3 Å². The number of benzene rings is 2. The summed E-state index contributed by atoms with van der Waals surface area (Å²) in [4.78, 5) is 0. The molecule has 0 unspecified atom stereocenters. The lowest BCUT2D eigenvalue weighted by molar-refractivity contribution is -0.137. The highest BCUT2D eigenvalue weighted by atomic mass is 19.4. The van der Waals surface area contributed by atoms with Gasteiger partial charge < -0.3 is 0 Å². The van der Waals surface area contributed by atoms with Gasteiger partial charge in [0.1, 0.15) is 0 Å². The SMILES string of the molecule is Cc1cc(C(F)(F)F)ccc1C1=Cc2ccccc2C1. The molecule has 0 fully saturated rings. The molecule has 2 aromatic rings. The Labute approximate surface area is 115 Å². The van der Waals surface area contributed by atoms with E-state index in [-0.39, 0.29) is 0 Å². The Kier molecular flexibility index (Phi) is 2.93. The number of halogens is 3. The van der Waals surface area contributed by atoms with Crippen LogP contribution in [0.5, 0.6) is 0 Å². The third kappa shape index (κ3) is 2.24. The molecule has 0 saturated carbocycles. The van der Waals surface area contributed by atoms with E-state index in [0.717, 1.165) is 29.2 Å². The van der Waals surface area contributed by atoms with Crippen molar-refractivity contribution in [2.24, 2.45) is 0 Å². The molecule has 0 radical (unpaired) electrons. The first-order valence-electron chi connectivity index (χ1n) is 6.42. The molecule has 20 heavy (non-hydrogen) atoms. The number of aryl methyl sites for hydroxylation is 1. The average Bonchev–Trinajstić information content (AvgIpc) is 2.80. The topological polar surface area (TPSA) is 0 Å². The van der Waals surface area contributed by atoms with E-state index in [4.69, 9.17) is 0 Å². The van der Waals surface area contributed by atoms with Gasteiger partial charge in [0, 0.05) is 0 Å². The molecule has 1 aliphatic carbocycles. The summed E-state index contributed by atoms with van der Waals surface area (Å²) in [6, 6.07) is 12.0. The summed E-state index contributed by atoms with van der Waals surface area (Å²) in [6.45, 7) is 1.73. The predicted octanol–water partition coefficient (Wildman–Crippen LogP) is 5.11. The van der Waals surface area contributed by atoms with E-state index in [2.05, 4.69) is 12.1 Å². The zero-order valence-electron chi connectivity index (χ0n) is 11.0. The minimum absolute atomic E-state index is 0.588. The van der Waals surface area contributed by atoms with Gasteiger partial charge in [-0.15, -0.1) is 0 Å². The van der Waals surface area contributed by atoms with E-state index in [1.54, 1.807) is 13.0 Å². The molecule has 0 heterocycles. The van der Waals surface area contributed by atoms with Crippen molar-refractivity contribution >= 4 is 11.6 Å². The molecular weight excluding hydrogens is 261 g/mol. The molecule has 3 rings (SSSR count). The van der Waals surface area contributed by atoms with Crippen LogP contribution in [-0.2, 0) is 12.6 Å². The molecule has 0 saturated heterocycles. The normalized spacial score (nSPS) is 14.1. The molecule has 0 N–H and O–H groups in total. The van der Waals surface area contributed by atoms with Crippen LogP contribution in [0.3, 0.4) is 0 Å². The maximum absolute atomic E-state index is 12.7. The van der Waals surface area contributed by atoms with E-state index < -0.39 is 11.7 Å². The molecule has 0 spiro atoms. The van der Waals surface area contributed by atoms with Gasteiger partial charge in [-0.3, -0.25) is 0 Å². The molecule has 3 heteroatoms. The maximum atomic E-state index is 12.7. The molecule has 0 aliphatic heterocycles. The van der Waals surface area contributed by atoms with Gasteiger partial charge >= 0.3 is 6.18 Å². The first-order chi connectivity index (χ1) is 9.45. The summed E-state index contributed by atoms with van der Waals surface area (Å²) in [6.07, 6.45) is -1.44. The van der Waals surface area contributed by atoms with Crippen LogP contribution in [-0.4, -0.2) is 0 Å². The van der Waals surface area contributed by atoms with E-state index in [0.29, 0.717) is 5.56 Å². The summed E-state index contributed by atoms with van der Waals surface area (Å²) in [5, 5.41) is 0. The number of allylic oxidation sites excluding steroid dienone is 1. The van der Waals surface area contributed by atoms with Crippen molar-refractivity contribution in [3.8, 4) is 0 Å². The predicted molar refractivity (Wildman–Crippen MR) is 74.2 cm³/mol. The van der Waals surface area contributed by atoms with Gasteiger partial charge in [0.15, 0.2) is 0 Å². The van der Waals surface area contributed by atoms with Gasteiger partial charge in [0.05, 0.1) is 5.56 Å². The molecule has 0 nitrogen and oxygen atoms in total. The number of alkyl halides is 3. The van der Waals surface area contributed by atoms with Crippen LogP contribution in [0.15, 0.2) is 42.5 Å². The number of fused-ring (bicyclic) bond motifs is 1. The fraction of sp³-hybridized carbons (Fsp3) is 0.176. The third-order valence-corrected chi connectivity index (χ3v) is 3.67. The van der Waals surface area contributed by atoms with E-state index >= 15 is 0 Å². The van der Waals surface area contributed by atoms with Crippen LogP contribution in [0.4, 0.5) is 13.2 Å². The van der Waals surface area contributed by atoms with Gasteiger partial charge in [-0.1, -0.05) is 36.4 Å². The maximum Gasteiger partial charge on any atom is 0.416 e. The lowest BCUT2D eigenvalue weighted by atomic mass is 9.97. The summed E-state index contributed by atoms with van der Waals surface area (Å²) < 4.78 is 38.0. The summed E-state index contributed by atoms with van der Waals surface area (Å²) >= 11 is 0. The summed E-state index contributed by atoms with van der Waals surface area (Å²) in [7, 11) is 0. The lowest BCUT2D eigenvalue weighted by Gasteiger charge is -2.11. The van der Waals surface area contributed by atoms with E-state index in [9.17, 15) is 13.2 Å². The highest BCUT2D eigenvalue weighted by Gasteiger charge is 2.30. The Morgan fingerprint density at radius 3 is 2.40 bits per heavy atom. The van der Waals surface area contributed by atoms with Crippen molar-refractivity contribution in [2.45, 2.75) is 19.5 Å². The lowest BCUT2D eigenvalue weighted by Crippen LogP contribution is -2.05. The second kappa shape index (κ2) is 4.51. The van der Waals surface area contributed by atoms with Gasteiger partial charge in [0.2, 0.25) is 0 Å². The molecule has 1 aliphatic rings. The first kappa shape index (κ1) is 13.0. The number of hydrogen-bond acceptors (Lipinski definition) is 0. The van der Waals surface area contributed by atoms with E-state index in [1.807, 2.05) is 18.2 Å². The molecule has 0 amide bonds. The Morgan fingerprint density at radius 2 is 1.75 bits per heavy atom. The zero-order chi connectivity index (χ0) is 14.3. The number of rotatable bonds is 1. The second-order valence-corrected chi connectivity index (χ2v) is 5.07. The average molecular weight is 274 g/mol. The van der Waals surface area contributed by atoms with Crippen molar-refractivity contribution < 1.29 is 13.2 Å². The summed E-state index contributed by atoms with van der Waals surface area (Å²) in [5.74, 6) is 0. The first-order valence-corrected chi connectivity index (χ1v) is 6.42. The molecule has 2 aromatic carbocycles. The quantitative estimate of drug-likeness (QED) is 0.677. The highest BCUT2D eigenvalue weighted by Crippen LogP contribution is 2.36. The Hall–Kier alpha value is -2.03. The van der Waals surface area contributed by atoms with Gasteiger partial charge in [-0.25, -0.2) is 0 Å². The van der Waals surface area contributed by atoms with Crippen LogP contribution >= 0.6 is 0 Å². The van der Waals surface area contributed by atoms with Crippen molar-refractivity contribution in [3.63, 3.8) is 0 Å². The largest absolute Gasteiger partial charge is 0.416 e. The van der Waals surface area contributed by atoms with Gasteiger partial charge in [-0.2, -0.15) is 13.2 Å². The van der Waals surface area contributed by atoms with Crippen LogP contribution in [0.1, 0.15) is 27.8 Å². The minimum Gasteiger partial charge on any atom is -0.166 e. The molecule has 0 bridgehead atoms. The molecule has 0 aromatic heterocycles. The van der Waals surface area contributed by atoms with Crippen LogP contribution in [0.25, 0.3) is 11.6 Å². The molecule has 0 atom stereocenters. The number of hydrogen-bond donors (Lipinski definition) is 0. The zero-order valence-corrected chi connectivity index (χ0v) is 11.0. The Balaban J connectivity index is 1.98. The van der Waals surface area contributed by atoms with Gasteiger partial charge in [0.25, 0.3) is 0 Å². The smallest absolute Gasteiger partial charge is 0.166 e. The van der Waals surface area contributed by atoms with Crippen molar-refractivity contribution in [3.05, 3.63) is 70.3 Å². The second-order valence-electron chi connectivity index (χ2n) is 5.07. The highest BCUT2D eigenvalue weighted by molar-refractivity contribution is 5.89. The van der Waals surface area contributed by atoms with Crippen LogP contribution < -0.4 is 0 Å². The Bertz CT molecular complexity index is 694. The standard InChI is InChI=1S/C17H13F3/c1-11-8-15(17(18,19)20)6-7-16(11)14-9-12-4-2-3-5-13(12)10-14/h2-9H,10H2,1H3. The fourth-order valence-corrected chi connectivity index (χ4v) is 2.65. The molecule has 102 valence electrons. The van der Waals surface area contributed by atoms with Crippen molar-refractivity contribution in [1.82, 2.24) is 0 Å². The Morgan fingerprint density at radius 1 is 1.00 bits per heavy atom. The van der Waals surface area contributed by atoms with Crippen LogP contribution in [0.2, 0.25) is 0 Å². The van der Waals surface area contributed by atoms with Crippen molar-refractivity contribution in [1.29, 1.82) is 0 Å². The minimum atomic E-state index is -4.28. The third-order valence-electron chi connectivity index (χ3n) is 3.67. The van der Waals surface area contributed by atoms with Crippen molar-refractivity contribution in [2.75, 3.05) is 0 Å². The molecular formula is C17H13F3. The monoisotopic (exact) mass is 274 g/mol. The van der Waals surface area contributed by atoms with E-state index in [1.165, 1.54) is 11.6 Å².